The van der Waals surface area contributed by atoms with Gasteiger partial charge in [0, 0.05) is 43.9 Å². The van der Waals surface area contributed by atoms with Crippen LogP contribution in [0.15, 0.2) is 24.3 Å². The molecule has 2 aromatic rings. The lowest BCUT2D eigenvalue weighted by molar-refractivity contribution is -0.132. The minimum absolute atomic E-state index is 0.0844. The molecule has 5 rings (SSSR count). The molecule has 1 saturated heterocycles. The lowest BCUT2D eigenvalue weighted by Gasteiger charge is -2.38. The third kappa shape index (κ3) is 4.47. The number of methoxy groups -OCH3 is 1. The van der Waals surface area contributed by atoms with Crippen LogP contribution in [0.5, 0.6) is 5.75 Å². The maximum absolute atomic E-state index is 14.4. The molecule has 0 aromatic heterocycles. The maximum atomic E-state index is 14.4. The van der Waals surface area contributed by atoms with Crippen molar-refractivity contribution in [1.29, 1.82) is 5.26 Å². The van der Waals surface area contributed by atoms with Crippen molar-refractivity contribution in [2.45, 2.75) is 25.6 Å². The normalized spacial score (nSPS) is 19.5. The number of halogens is 1. The molecular formula is C26H26FN3O5. The summed E-state index contributed by atoms with van der Waals surface area (Å²) in [5.74, 6) is -0.738. The van der Waals surface area contributed by atoms with E-state index < -0.39 is 5.82 Å². The van der Waals surface area contributed by atoms with E-state index in [2.05, 4.69) is 4.90 Å². The summed E-state index contributed by atoms with van der Waals surface area (Å²) >= 11 is 0. The average molecular weight is 480 g/mol. The van der Waals surface area contributed by atoms with Crippen molar-refractivity contribution >= 4 is 11.9 Å². The molecule has 3 heterocycles. The monoisotopic (exact) mass is 479 g/mol. The van der Waals surface area contributed by atoms with E-state index in [-0.39, 0.29) is 41.3 Å². The molecule has 35 heavy (non-hydrogen) atoms. The minimum Gasteiger partial charge on any atom is -0.495 e. The zero-order valence-corrected chi connectivity index (χ0v) is 19.5. The standard InChI is InChI=1S/C26H26FN3O5/c1-33-23-11-16(22(27)10-17(23)13-28)12-25(31)30-7-5-29(6-8-30)14-24-19-2-3-20-21(15-35-26(20)32)18(19)4-9-34-24/h2-3,10-11,24H,4-9,12,14-15H2,1H3. The van der Waals surface area contributed by atoms with E-state index in [4.69, 9.17) is 19.5 Å². The highest BCUT2D eigenvalue weighted by atomic mass is 19.1. The lowest BCUT2D eigenvalue weighted by atomic mass is 9.90. The summed E-state index contributed by atoms with van der Waals surface area (Å²) < 4.78 is 30.8. The molecule has 9 heteroatoms. The van der Waals surface area contributed by atoms with Gasteiger partial charge in [0.2, 0.25) is 5.91 Å². The Morgan fingerprint density at radius 2 is 2.03 bits per heavy atom. The van der Waals surface area contributed by atoms with E-state index in [1.54, 1.807) is 4.90 Å². The average Bonchev–Trinajstić information content (AvgIpc) is 3.26. The number of ether oxygens (including phenoxy) is 3. The molecule has 3 aliphatic rings. The molecular weight excluding hydrogens is 453 g/mol. The Hall–Kier alpha value is -3.48. The van der Waals surface area contributed by atoms with Gasteiger partial charge in [-0.3, -0.25) is 9.69 Å². The highest BCUT2D eigenvalue weighted by Crippen LogP contribution is 2.35. The van der Waals surface area contributed by atoms with E-state index in [0.717, 1.165) is 23.6 Å². The van der Waals surface area contributed by atoms with Crippen LogP contribution in [0.25, 0.3) is 0 Å². The van der Waals surface area contributed by atoms with Crippen LogP contribution in [0.1, 0.15) is 44.3 Å². The number of nitrogens with zero attached hydrogens (tertiary/aromatic N) is 3. The number of rotatable bonds is 5. The van der Waals surface area contributed by atoms with E-state index in [9.17, 15) is 14.0 Å². The van der Waals surface area contributed by atoms with Gasteiger partial charge in [0.05, 0.1) is 37.4 Å². The molecule has 182 valence electrons. The molecule has 0 N–H and O–H groups in total. The van der Waals surface area contributed by atoms with Gasteiger partial charge in [-0.15, -0.1) is 0 Å². The quantitative estimate of drug-likeness (QED) is 0.608. The number of esters is 1. The zero-order valence-electron chi connectivity index (χ0n) is 19.5. The predicted octanol–water partition coefficient (Wildman–Crippen LogP) is 2.38. The van der Waals surface area contributed by atoms with Crippen molar-refractivity contribution in [3.05, 3.63) is 63.5 Å². The number of piperazine rings is 1. The van der Waals surface area contributed by atoms with Crippen molar-refractivity contribution in [2.75, 3.05) is 46.4 Å². The van der Waals surface area contributed by atoms with Crippen LogP contribution < -0.4 is 4.74 Å². The van der Waals surface area contributed by atoms with Gasteiger partial charge < -0.3 is 19.1 Å². The second-order valence-corrected chi connectivity index (χ2v) is 8.96. The van der Waals surface area contributed by atoms with Crippen LogP contribution in [0.2, 0.25) is 0 Å². The molecule has 1 fully saturated rings. The Kier molecular flexibility index (Phi) is 6.41. The molecule has 0 aliphatic carbocycles. The number of fused-ring (bicyclic) bond motifs is 3. The number of cyclic esters (lactones) is 1. The van der Waals surface area contributed by atoms with E-state index in [0.29, 0.717) is 51.5 Å². The van der Waals surface area contributed by atoms with Gasteiger partial charge in [-0.1, -0.05) is 6.07 Å². The summed E-state index contributed by atoms with van der Waals surface area (Å²) in [6.07, 6.45) is 0.589. The van der Waals surface area contributed by atoms with E-state index in [1.807, 2.05) is 18.2 Å². The molecule has 0 bridgehead atoms. The second kappa shape index (κ2) is 9.64. The Morgan fingerprint density at radius 3 is 2.77 bits per heavy atom. The Morgan fingerprint density at radius 1 is 1.23 bits per heavy atom. The topological polar surface area (TPSA) is 92.1 Å². The Balaban J connectivity index is 1.20. The number of carbonyl (C=O) groups is 2. The van der Waals surface area contributed by atoms with Gasteiger partial charge >= 0.3 is 5.97 Å². The summed E-state index contributed by atoms with van der Waals surface area (Å²) in [7, 11) is 1.41. The van der Waals surface area contributed by atoms with Crippen molar-refractivity contribution in [3.63, 3.8) is 0 Å². The summed E-state index contributed by atoms with van der Waals surface area (Å²) in [6.45, 7) is 4.08. The van der Waals surface area contributed by atoms with Crippen molar-refractivity contribution in [2.24, 2.45) is 0 Å². The lowest BCUT2D eigenvalue weighted by Crippen LogP contribution is -2.50. The third-order valence-electron chi connectivity index (χ3n) is 7.03. The summed E-state index contributed by atoms with van der Waals surface area (Å²) in [5.41, 5.74) is 4.24. The van der Waals surface area contributed by atoms with Crippen molar-refractivity contribution in [3.8, 4) is 11.8 Å². The first-order valence-corrected chi connectivity index (χ1v) is 11.7. The number of hydrogen-bond donors (Lipinski definition) is 0. The molecule has 1 atom stereocenters. The van der Waals surface area contributed by atoms with Crippen molar-refractivity contribution in [1.82, 2.24) is 9.80 Å². The summed E-state index contributed by atoms with van der Waals surface area (Å²) in [5, 5.41) is 9.09. The van der Waals surface area contributed by atoms with Crippen molar-refractivity contribution < 1.29 is 28.2 Å². The largest absolute Gasteiger partial charge is 0.495 e. The minimum atomic E-state index is -0.582. The SMILES string of the molecule is COc1cc(CC(=O)N2CCN(CC3OCCc4c3ccc3c4COC3=O)CC2)c(F)cc1C#N. The Labute approximate surface area is 202 Å². The van der Waals surface area contributed by atoms with Gasteiger partial charge in [0.15, 0.2) is 0 Å². The smallest absolute Gasteiger partial charge is 0.338 e. The third-order valence-corrected chi connectivity index (χ3v) is 7.03. The van der Waals surface area contributed by atoms with Crippen LogP contribution in [0.3, 0.4) is 0 Å². The number of benzene rings is 2. The number of carbonyl (C=O) groups excluding carboxylic acids is 2. The number of nitriles is 1. The highest BCUT2D eigenvalue weighted by Gasteiger charge is 2.32. The number of amides is 1. The van der Waals surface area contributed by atoms with Crippen LogP contribution in [0, 0.1) is 17.1 Å². The second-order valence-electron chi connectivity index (χ2n) is 8.96. The van der Waals surface area contributed by atoms with Crippen LogP contribution in [-0.4, -0.2) is 68.1 Å². The van der Waals surface area contributed by atoms with Crippen LogP contribution >= 0.6 is 0 Å². The predicted molar refractivity (Wildman–Crippen MR) is 122 cm³/mol. The molecule has 3 aliphatic heterocycles. The molecule has 0 spiro atoms. The number of hydrogen-bond acceptors (Lipinski definition) is 7. The first-order valence-electron chi connectivity index (χ1n) is 11.7. The molecule has 1 unspecified atom stereocenters. The van der Waals surface area contributed by atoms with Gasteiger partial charge in [0.1, 0.15) is 24.2 Å². The molecule has 0 saturated carbocycles. The Bertz CT molecular complexity index is 1220. The summed E-state index contributed by atoms with van der Waals surface area (Å²) in [6, 6.07) is 8.24. The zero-order chi connectivity index (χ0) is 24.5. The fourth-order valence-electron chi connectivity index (χ4n) is 5.10. The van der Waals surface area contributed by atoms with Crippen LogP contribution in [-0.2, 0) is 33.7 Å². The van der Waals surface area contributed by atoms with Crippen LogP contribution in [0.4, 0.5) is 4.39 Å². The first-order chi connectivity index (χ1) is 17.0. The molecule has 1 amide bonds. The first kappa shape index (κ1) is 23.3. The van der Waals surface area contributed by atoms with E-state index in [1.165, 1.54) is 18.7 Å². The van der Waals surface area contributed by atoms with E-state index >= 15 is 0 Å². The molecule has 0 radical (unpaired) electrons. The fraction of sp³-hybridized carbons (Fsp3) is 0.423. The van der Waals surface area contributed by atoms with Gasteiger partial charge in [-0.25, -0.2) is 9.18 Å². The van der Waals surface area contributed by atoms with Gasteiger partial charge in [-0.05, 0) is 35.7 Å². The van der Waals surface area contributed by atoms with Gasteiger partial charge in [-0.2, -0.15) is 5.26 Å². The molecule has 8 nitrogen and oxygen atoms in total. The fourth-order valence-corrected chi connectivity index (χ4v) is 5.10. The molecule has 2 aromatic carbocycles. The summed E-state index contributed by atoms with van der Waals surface area (Å²) in [4.78, 5) is 28.7. The maximum Gasteiger partial charge on any atom is 0.338 e. The van der Waals surface area contributed by atoms with Gasteiger partial charge in [0.25, 0.3) is 0 Å². The highest BCUT2D eigenvalue weighted by molar-refractivity contribution is 5.94.